The molecule has 0 bridgehead atoms. The third-order valence-corrected chi connectivity index (χ3v) is 4.92. The van der Waals surface area contributed by atoms with Gasteiger partial charge in [-0.05, 0) is 57.9 Å². The van der Waals surface area contributed by atoms with Crippen LogP contribution in [-0.4, -0.2) is 23.0 Å². The molecule has 0 radical (unpaired) electrons. The van der Waals surface area contributed by atoms with Crippen molar-refractivity contribution in [3.8, 4) is 5.75 Å². The van der Waals surface area contributed by atoms with E-state index in [1.165, 1.54) is 42.5 Å². The number of phenolic OH excluding ortho intramolecular Hbond substituents is 1. The second-order valence-electron chi connectivity index (χ2n) is 5.27. The monoisotopic (exact) mass is 454 g/mol. The van der Waals surface area contributed by atoms with Crippen molar-refractivity contribution in [1.82, 2.24) is 5.32 Å². The molecule has 4 amide bonds. The molecular formula is C17H9BrCl2N2O4. The second-order valence-corrected chi connectivity index (χ2v) is 6.94. The van der Waals surface area contributed by atoms with E-state index < -0.39 is 17.8 Å². The van der Waals surface area contributed by atoms with Crippen LogP contribution in [0.25, 0.3) is 6.08 Å². The number of urea groups is 1. The predicted octanol–water partition coefficient (Wildman–Crippen LogP) is 4.13. The zero-order valence-electron chi connectivity index (χ0n) is 12.8. The summed E-state index contributed by atoms with van der Waals surface area (Å²) in [5.41, 5.74) is 0.414. The van der Waals surface area contributed by atoms with E-state index in [0.717, 1.165) is 4.90 Å². The van der Waals surface area contributed by atoms with E-state index in [1.54, 1.807) is 0 Å². The lowest BCUT2D eigenvalue weighted by Crippen LogP contribution is -2.54. The third-order valence-electron chi connectivity index (χ3n) is 3.55. The Bertz CT molecular complexity index is 991. The molecule has 3 rings (SSSR count). The van der Waals surface area contributed by atoms with Gasteiger partial charge >= 0.3 is 6.03 Å². The average Bonchev–Trinajstić information content (AvgIpc) is 2.57. The fraction of sp³-hybridized carbons (Fsp3) is 0. The Morgan fingerprint density at radius 2 is 1.77 bits per heavy atom. The summed E-state index contributed by atoms with van der Waals surface area (Å²) in [4.78, 5) is 37.8. The van der Waals surface area contributed by atoms with Crippen molar-refractivity contribution in [2.24, 2.45) is 0 Å². The summed E-state index contributed by atoms with van der Waals surface area (Å²) in [5, 5.41) is 12.1. The summed E-state index contributed by atoms with van der Waals surface area (Å²) in [5.74, 6) is -1.61. The van der Waals surface area contributed by atoms with Gasteiger partial charge in [-0.25, -0.2) is 9.69 Å². The molecule has 0 saturated carbocycles. The van der Waals surface area contributed by atoms with Gasteiger partial charge < -0.3 is 5.11 Å². The molecule has 132 valence electrons. The number of carbonyl (C=O) groups is 3. The highest BCUT2D eigenvalue weighted by atomic mass is 79.9. The fourth-order valence-electron chi connectivity index (χ4n) is 2.30. The summed E-state index contributed by atoms with van der Waals surface area (Å²) in [6.45, 7) is 0. The molecule has 0 unspecified atom stereocenters. The van der Waals surface area contributed by atoms with Crippen molar-refractivity contribution in [2.45, 2.75) is 0 Å². The van der Waals surface area contributed by atoms with Gasteiger partial charge in [0.15, 0.2) is 0 Å². The van der Waals surface area contributed by atoms with Crippen LogP contribution in [0.5, 0.6) is 5.75 Å². The molecule has 9 heteroatoms. The van der Waals surface area contributed by atoms with Crippen LogP contribution < -0.4 is 10.2 Å². The minimum atomic E-state index is -0.887. The Morgan fingerprint density at radius 3 is 2.42 bits per heavy atom. The van der Waals surface area contributed by atoms with Gasteiger partial charge in [-0.2, -0.15) is 0 Å². The fourth-order valence-corrected chi connectivity index (χ4v) is 2.98. The first-order chi connectivity index (χ1) is 12.3. The summed E-state index contributed by atoms with van der Waals surface area (Å²) < 4.78 is 0.396. The standard InChI is InChI=1S/C17H9BrCl2N2O4/c18-11-6-8(1-4-14(11)23)5-10-15(24)21-17(26)22(16(10)25)9-2-3-12(19)13(20)7-9/h1-7,23H,(H,21,24,26)/b10-5-. The molecule has 2 aromatic rings. The van der Waals surface area contributed by atoms with E-state index >= 15 is 0 Å². The smallest absolute Gasteiger partial charge is 0.335 e. The summed E-state index contributed by atoms with van der Waals surface area (Å²) in [6.07, 6.45) is 1.32. The topological polar surface area (TPSA) is 86.7 Å². The molecule has 1 saturated heterocycles. The first kappa shape index (κ1) is 18.4. The average molecular weight is 456 g/mol. The van der Waals surface area contributed by atoms with E-state index in [-0.39, 0.29) is 27.1 Å². The van der Waals surface area contributed by atoms with Gasteiger partial charge in [-0.1, -0.05) is 29.3 Å². The molecule has 2 N–H and O–H groups in total. The van der Waals surface area contributed by atoms with Crippen molar-refractivity contribution < 1.29 is 19.5 Å². The molecular weight excluding hydrogens is 447 g/mol. The van der Waals surface area contributed by atoms with Gasteiger partial charge in [0.1, 0.15) is 11.3 Å². The quantitative estimate of drug-likeness (QED) is 0.526. The van der Waals surface area contributed by atoms with Gasteiger partial charge in [0.25, 0.3) is 11.8 Å². The number of benzene rings is 2. The number of imide groups is 2. The summed E-state index contributed by atoms with van der Waals surface area (Å²) >= 11 is 15.0. The highest BCUT2D eigenvalue weighted by Crippen LogP contribution is 2.30. The molecule has 0 spiro atoms. The maximum Gasteiger partial charge on any atom is 0.335 e. The number of nitrogens with zero attached hydrogens (tertiary/aromatic N) is 1. The Labute approximate surface area is 166 Å². The van der Waals surface area contributed by atoms with Gasteiger partial charge in [0, 0.05) is 0 Å². The number of rotatable bonds is 2. The molecule has 0 aliphatic carbocycles. The Morgan fingerprint density at radius 1 is 1.04 bits per heavy atom. The zero-order valence-corrected chi connectivity index (χ0v) is 15.9. The van der Waals surface area contributed by atoms with Crippen molar-refractivity contribution in [3.05, 3.63) is 62.1 Å². The highest BCUT2D eigenvalue weighted by Gasteiger charge is 2.37. The Balaban J connectivity index is 2.03. The molecule has 2 aromatic carbocycles. The molecule has 1 aliphatic heterocycles. The van der Waals surface area contributed by atoms with E-state index in [4.69, 9.17) is 23.2 Å². The number of halogens is 3. The molecule has 1 fully saturated rings. The first-order valence-electron chi connectivity index (χ1n) is 7.13. The number of hydrogen-bond donors (Lipinski definition) is 2. The minimum absolute atomic E-state index is 0.0131. The number of carbonyl (C=O) groups excluding carboxylic acids is 3. The number of nitrogens with one attached hydrogen (secondary N) is 1. The largest absolute Gasteiger partial charge is 0.507 e. The van der Waals surface area contributed by atoms with Gasteiger partial charge in [-0.3, -0.25) is 14.9 Å². The lowest BCUT2D eigenvalue weighted by atomic mass is 10.1. The van der Waals surface area contributed by atoms with Gasteiger partial charge in [0.05, 0.1) is 20.2 Å². The van der Waals surface area contributed by atoms with Crippen molar-refractivity contribution in [3.63, 3.8) is 0 Å². The summed E-state index contributed by atoms with van der Waals surface area (Å²) in [7, 11) is 0. The first-order valence-corrected chi connectivity index (χ1v) is 8.68. The SMILES string of the molecule is O=C1NC(=O)N(c2ccc(Cl)c(Cl)c2)C(=O)/C1=C\c1ccc(O)c(Br)c1. The Kier molecular flexibility index (Phi) is 5.04. The van der Waals surface area contributed by atoms with Crippen LogP contribution in [0.1, 0.15) is 5.56 Å². The van der Waals surface area contributed by atoms with Crippen LogP contribution in [0.2, 0.25) is 10.0 Å². The van der Waals surface area contributed by atoms with Crippen molar-refractivity contribution in [2.75, 3.05) is 4.90 Å². The maximum atomic E-state index is 12.7. The van der Waals surface area contributed by atoms with Gasteiger partial charge in [-0.15, -0.1) is 0 Å². The molecule has 1 heterocycles. The van der Waals surface area contributed by atoms with E-state index in [9.17, 15) is 19.5 Å². The highest BCUT2D eigenvalue weighted by molar-refractivity contribution is 9.10. The lowest BCUT2D eigenvalue weighted by molar-refractivity contribution is -0.122. The lowest BCUT2D eigenvalue weighted by Gasteiger charge is -2.26. The van der Waals surface area contributed by atoms with Gasteiger partial charge in [0.2, 0.25) is 0 Å². The van der Waals surface area contributed by atoms with Crippen LogP contribution >= 0.6 is 39.1 Å². The number of hydrogen-bond acceptors (Lipinski definition) is 4. The number of amides is 4. The predicted molar refractivity (Wildman–Crippen MR) is 101 cm³/mol. The normalized spacial score (nSPS) is 16.2. The van der Waals surface area contributed by atoms with Crippen LogP contribution in [0.4, 0.5) is 10.5 Å². The third kappa shape index (κ3) is 3.46. The number of aromatic hydroxyl groups is 1. The Hall–Kier alpha value is -2.35. The molecule has 0 atom stereocenters. The van der Waals surface area contributed by atoms with Crippen LogP contribution in [0.3, 0.4) is 0 Å². The van der Waals surface area contributed by atoms with Crippen molar-refractivity contribution >= 4 is 68.7 Å². The maximum absolute atomic E-state index is 12.7. The molecule has 0 aromatic heterocycles. The number of anilines is 1. The number of barbiturate groups is 1. The zero-order chi connectivity index (χ0) is 19.0. The molecule has 1 aliphatic rings. The van der Waals surface area contributed by atoms with E-state index in [1.807, 2.05) is 0 Å². The van der Waals surface area contributed by atoms with E-state index in [2.05, 4.69) is 21.2 Å². The second kappa shape index (κ2) is 7.11. The molecule has 6 nitrogen and oxygen atoms in total. The van der Waals surface area contributed by atoms with Crippen LogP contribution in [0.15, 0.2) is 46.4 Å². The van der Waals surface area contributed by atoms with Crippen LogP contribution in [0, 0.1) is 0 Å². The summed E-state index contributed by atoms with van der Waals surface area (Å²) in [6, 6.07) is 7.81. The van der Waals surface area contributed by atoms with Crippen molar-refractivity contribution in [1.29, 1.82) is 0 Å². The van der Waals surface area contributed by atoms with E-state index in [0.29, 0.717) is 10.0 Å². The minimum Gasteiger partial charge on any atom is -0.507 e. The number of phenols is 1. The molecule has 26 heavy (non-hydrogen) atoms. The van der Waals surface area contributed by atoms with Crippen LogP contribution in [-0.2, 0) is 9.59 Å².